The van der Waals surface area contributed by atoms with Crippen molar-refractivity contribution in [3.63, 3.8) is 0 Å². The van der Waals surface area contributed by atoms with Gasteiger partial charge in [-0.15, -0.1) is 0 Å². The zero-order chi connectivity index (χ0) is 13.1. The molecular formula is C14H21N3O. The van der Waals surface area contributed by atoms with Crippen molar-refractivity contribution in [3.8, 4) is 0 Å². The largest absolute Gasteiger partial charge is 0.378 e. The van der Waals surface area contributed by atoms with Gasteiger partial charge in [-0.1, -0.05) is 0 Å². The molecule has 0 bridgehead atoms. The number of rotatable bonds is 2. The van der Waals surface area contributed by atoms with Crippen LogP contribution < -0.4 is 10.2 Å². The molecule has 1 aromatic carbocycles. The summed E-state index contributed by atoms with van der Waals surface area (Å²) in [4.78, 5) is 16.3. The second-order valence-corrected chi connectivity index (χ2v) is 5.05. The van der Waals surface area contributed by atoms with E-state index in [0.717, 1.165) is 30.9 Å². The number of benzene rings is 1. The molecule has 2 rings (SSSR count). The lowest BCUT2D eigenvalue weighted by atomic mass is 10.1. The Morgan fingerprint density at radius 2 is 2.00 bits per heavy atom. The summed E-state index contributed by atoms with van der Waals surface area (Å²) >= 11 is 0. The van der Waals surface area contributed by atoms with Gasteiger partial charge in [0.1, 0.15) is 0 Å². The molecule has 4 heteroatoms. The van der Waals surface area contributed by atoms with Gasteiger partial charge in [0, 0.05) is 51.0 Å². The molecule has 1 atom stereocenters. The SMILES string of the molecule is CC1CN(C(=O)c2ccc(N(C)C)cc2)CCN1. The number of anilines is 1. The van der Waals surface area contributed by atoms with E-state index in [1.54, 1.807) is 0 Å². The highest BCUT2D eigenvalue weighted by molar-refractivity contribution is 5.94. The minimum Gasteiger partial charge on any atom is -0.378 e. The fraction of sp³-hybridized carbons (Fsp3) is 0.500. The molecule has 0 spiro atoms. The number of carbonyl (C=O) groups excluding carboxylic acids is 1. The van der Waals surface area contributed by atoms with Crippen molar-refractivity contribution in [3.05, 3.63) is 29.8 Å². The van der Waals surface area contributed by atoms with E-state index in [9.17, 15) is 4.79 Å². The van der Waals surface area contributed by atoms with Crippen LogP contribution in [0.5, 0.6) is 0 Å². The third-order valence-electron chi connectivity index (χ3n) is 3.29. The third-order valence-corrected chi connectivity index (χ3v) is 3.29. The molecule has 1 fully saturated rings. The Hall–Kier alpha value is -1.55. The lowest BCUT2D eigenvalue weighted by Gasteiger charge is -2.32. The highest BCUT2D eigenvalue weighted by Gasteiger charge is 2.21. The number of hydrogen-bond acceptors (Lipinski definition) is 3. The maximum Gasteiger partial charge on any atom is 0.253 e. The highest BCUT2D eigenvalue weighted by atomic mass is 16.2. The number of hydrogen-bond donors (Lipinski definition) is 1. The topological polar surface area (TPSA) is 35.6 Å². The standard InChI is InChI=1S/C14H21N3O/c1-11-10-17(9-8-15-11)14(18)12-4-6-13(7-5-12)16(2)3/h4-7,11,15H,8-10H2,1-3H3. The smallest absolute Gasteiger partial charge is 0.253 e. The van der Waals surface area contributed by atoms with E-state index in [1.165, 1.54) is 0 Å². The van der Waals surface area contributed by atoms with Gasteiger partial charge in [-0.25, -0.2) is 0 Å². The Balaban J connectivity index is 2.08. The normalized spacial score (nSPS) is 19.7. The second kappa shape index (κ2) is 5.40. The fourth-order valence-electron chi connectivity index (χ4n) is 2.20. The molecule has 1 aliphatic rings. The van der Waals surface area contributed by atoms with Gasteiger partial charge in [0.15, 0.2) is 0 Å². The monoisotopic (exact) mass is 247 g/mol. The molecule has 1 saturated heterocycles. The lowest BCUT2D eigenvalue weighted by Crippen LogP contribution is -2.51. The van der Waals surface area contributed by atoms with Gasteiger partial charge in [-0.2, -0.15) is 0 Å². The highest BCUT2D eigenvalue weighted by Crippen LogP contribution is 2.14. The van der Waals surface area contributed by atoms with Gasteiger partial charge in [0.2, 0.25) is 0 Å². The summed E-state index contributed by atoms with van der Waals surface area (Å²) in [5, 5.41) is 3.34. The zero-order valence-electron chi connectivity index (χ0n) is 11.3. The summed E-state index contributed by atoms with van der Waals surface area (Å²) in [6.45, 7) is 4.56. The molecule has 1 heterocycles. The van der Waals surface area contributed by atoms with E-state index < -0.39 is 0 Å². The fourth-order valence-corrected chi connectivity index (χ4v) is 2.20. The van der Waals surface area contributed by atoms with E-state index in [4.69, 9.17) is 0 Å². The van der Waals surface area contributed by atoms with E-state index in [2.05, 4.69) is 12.2 Å². The molecule has 98 valence electrons. The van der Waals surface area contributed by atoms with Crippen LogP contribution in [0.25, 0.3) is 0 Å². The van der Waals surface area contributed by atoms with Gasteiger partial charge in [-0.05, 0) is 31.2 Å². The molecule has 1 unspecified atom stereocenters. The first-order chi connectivity index (χ1) is 8.58. The molecule has 1 aromatic rings. The van der Waals surface area contributed by atoms with Crippen LogP contribution in [0.3, 0.4) is 0 Å². The first-order valence-electron chi connectivity index (χ1n) is 6.38. The van der Waals surface area contributed by atoms with Crippen molar-refractivity contribution >= 4 is 11.6 Å². The molecule has 1 amide bonds. The van der Waals surface area contributed by atoms with Crippen LogP contribution in [0, 0.1) is 0 Å². The Morgan fingerprint density at radius 3 is 2.56 bits per heavy atom. The summed E-state index contributed by atoms with van der Waals surface area (Å²) in [5.74, 6) is 0.133. The molecule has 0 saturated carbocycles. The van der Waals surface area contributed by atoms with E-state index in [-0.39, 0.29) is 5.91 Å². The Bertz CT molecular complexity index is 414. The van der Waals surface area contributed by atoms with Gasteiger partial charge < -0.3 is 15.1 Å². The molecule has 18 heavy (non-hydrogen) atoms. The van der Waals surface area contributed by atoms with Crippen molar-refractivity contribution in [2.45, 2.75) is 13.0 Å². The average Bonchev–Trinajstić information content (AvgIpc) is 2.38. The van der Waals surface area contributed by atoms with Crippen LogP contribution in [-0.4, -0.2) is 50.6 Å². The second-order valence-electron chi connectivity index (χ2n) is 5.05. The maximum atomic E-state index is 12.3. The van der Waals surface area contributed by atoms with Crippen molar-refractivity contribution in [1.29, 1.82) is 0 Å². The maximum absolute atomic E-state index is 12.3. The van der Waals surface area contributed by atoms with Crippen LogP contribution in [0.1, 0.15) is 17.3 Å². The molecular weight excluding hydrogens is 226 g/mol. The Morgan fingerprint density at radius 1 is 1.33 bits per heavy atom. The summed E-state index contributed by atoms with van der Waals surface area (Å²) in [7, 11) is 3.99. The first-order valence-corrected chi connectivity index (χ1v) is 6.38. The predicted molar refractivity (Wildman–Crippen MR) is 74.1 cm³/mol. The van der Waals surface area contributed by atoms with Crippen molar-refractivity contribution in [1.82, 2.24) is 10.2 Å². The van der Waals surface area contributed by atoms with Crippen LogP contribution in [0.15, 0.2) is 24.3 Å². The van der Waals surface area contributed by atoms with Gasteiger partial charge in [0.05, 0.1) is 0 Å². The van der Waals surface area contributed by atoms with Crippen molar-refractivity contribution < 1.29 is 4.79 Å². The van der Waals surface area contributed by atoms with E-state index in [1.807, 2.05) is 48.2 Å². The van der Waals surface area contributed by atoms with Gasteiger partial charge in [0.25, 0.3) is 5.91 Å². The Labute approximate surface area is 109 Å². The minimum atomic E-state index is 0.133. The van der Waals surface area contributed by atoms with Crippen molar-refractivity contribution in [2.75, 3.05) is 38.6 Å². The molecule has 0 aliphatic carbocycles. The quantitative estimate of drug-likeness (QED) is 0.852. The van der Waals surface area contributed by atoms with Gasteiger partial charge in [-0.3, -0.25) is 4.79 Å². The summed E-state index contributed by atoms with van der Waals surface area (Å²) < 4.78 is 0. The number of piperazine rings is 1. The summed E-state index contributed by atoms with van der Waals surface area (Å²) in [6.07, 6.45) is 0. The third kappa shape index (κ3) is 2.82. The van der Waals surface area contributed by atoms with Gasteiger partial charge >= 0.3 is 0 Å². The van der Waals surface area contributed by atoms with Crippen LogP contribution in [0.2, 0.25) is 0 Å². The molecule has 1 aliphatic heterocycles. The lowest BCUT2D eigenvalue weighted by molar-refractivity contribution is 0.0709. The van der Waals surface area contributed by atoms with Crippen molar-refractivity contribution in [2.24, 2.45) is 0 Å². The predicted octanol–water partition coefficient (Wildman–Crippen LogP) is 1.19. The Kier molecular flexibility index (Phi) is 3.87. The zero-order valence-corrected chi connectivity index (χ0v) is 11.3. The summed E-state index contributed by atoms with van der Waals surface area (Å²) in [5.41, 5.74) is 1.88. The number of carbonyl (C=O) groups is 1. The first kappa shape index (κ1) is 12.9. The van der Waals surface area contributed by atoms with Crippen LogP contribution in [0.4, 0.5) is 5.69 Å². The van der Waals surface area contributed by atoms with E-state index >= 15 is 0 Å². The number of nitrogens with one attached hydrogen (secondary N) is 1. The van der Waals surface area contributed by atoms with E-state index in [0.29, 0.717) is 6.04 Å². The number of nitrogens with zero attached hydrogens (tertiary/aromatic N) is 2. The molecule has 1 N–H and O–H groups in total. The molecule has 0 radical (unpaired) electrons. The average molecular weight is 247 g/mol. The van der Waals surface area contributed by atoms with Crippen LogP contribution >= 0.6 is 0 Å². The minimum absolute atomic E-state index is 0.133. The van der Waals surface area contributed by atoms with Crippen LogP contribution in [-0.2, 0) is 0 Å². The summed E-state index contributed by atoms with van der Waals surface area (Å²) in [6, 6.07) is 8.16. The number of amides is 1. The molecule has 4 nitrogen and oxygen atoms in total. The molecule has 0 aromatic heterocycles.